The molecule has 32 heavy (non-hydrogen) atoms. The number of benzene rings is 1. The Labute approximate surface area is 206 Å². The average Bonchev–Trinajstić information content (AvgIpc) is 3.15. The lowest BCUT2D eigenvalue weighted by atomic mass is 9.92. The number of halogens is 1. The van der Waals surface area contributed by atoms with Gasteiger partial charge in [-0.3, -0.25) is 4.79 Å². The van der Waals surface area contributed by atoms with Crippen LogP contribution in [0.2, 0.25) is 0 Å². The lowest BCUT2D eigenvalue weighted by Crippen LogP contribution is -2.35. The fourth-order valence-electron chi connectivity index (χ4n) is 3.78. The van der Waals surface area contributed by atoms with E-state index < -0.39 is 11.9 Å². The second kappa shape index (κ2) is 12.6. The fraction of sp³-hybridized carbons (Fsp3) is 0.500. The highest BCUT2D eigenvalue weighted by atomic mass is 127. The molecule has 1 unspecified atom stereocenters. The van der Waals surface area contributed by atoms with Crippen LogP contribution < -0.4 is 4.74 Å². The van der Waals surface area contributed by atoms with Crippen LogP contribution in [0.4, 0.5) is 0 Å². The molecular formula is C26H35IO5. The Morgan fingerprint density at radius 2 is 1.97 bits per heavy atom. The van der Waals surface area contributed by atoms with E-state index in [4.69, 9.17) is 18.9 Å². The predicted molar refractivity (Wildman–Crippen MR) is 136 cm³/mol. The number of unbranched alkanes of at least 4 members (excludes halogenated alkanes) is 1. The van der Waals surface area contributed by atoms with E-state index in [9.17, 15) is 4.79 Å². The third-order valence-corrected chi connectivity index (χ3v) is 6.87. The van der Waals surface area contributed by atoms with Gasteiger partial charge in [-0.05, 0) is 54.9 Å². The van der Waals surface area contributed by atoms with Crippen LogP contribution in [-0.4, -0.2) is 30.9 Å². The standard InChI is InChI=1S/C26H35IO5/c1-7-18(3)24(19(4)17-27)31-23(28)11-9-10-16-26(5)22(8-2)30-25(32-26)20-12-14-21(29-6)15-13-20/h7-8,12-15,17-18,22,24-25H,1-2,9-11,16H2,3-6H3/b19-17+/t18-,22-,24-,25?,26+/m0/s1. The highest BCUT2D eigenvalue weighted by Gasteiger charge is 2.44. The molecule has 2 rings (SSSR count). The van der Waals surface area contributed by atoms with Gasteiger partial charge in [0.05, 0.1) is 12.7 Å². The Morgan fingerprint density at radius 3 is 2.53 bits per heavy atom. The minimum atomic E-state index is -0.503. The molecule has 1 aliphatic rings. The zero-order chi connectivity index (χ0) is 23.7. The molecular weight excluding hydrogens is 519 g/mol. The Kier molecular flexibility index (Phi) is 10.4. The number of carbonyl (C=O) groups excluding carboxylic acids is 1. The largest absolute Gasteiger partial charge is 0.497 e. The number of methoxy groups -OCH3 is 1. The Hall–Kier alpha value is -1.64. The van der Waals surface area contributed by atoms with Gasteiger partial charge in [0.25, 0.3) is 0 Å². The van der Waals surface area contributed by atoms with Crippen LogP contribution in [0.15, 0.2) is 59.2 Å². The van der Waals surface area contributed by atoms with Crippen LogP contribution in [0.25, 0.3) is 0 Å². The van der Waals surface area contributed by atoms with Gasteiger partial charge in [0.1, 0.15) is 18.0 Å². The van der Waals surface area contributed by atoms with Crippen molar-refractivity contribution in [1.82, 2.24) is 0 Å². The van der Waals surface area contributed by atoms with Crippen molar-refractivity contribution >= 4 is 28.6 Å². The number of hydrogen-bond acceptors (Lipinski definition) is 5. The number of ether oxygens (including phenoxy) is 4. The third kappa shape index (κ3) is 6.93. The summed E-state index contributed by atoms with van der Waals surface area (Å²) >= 11 is 2.17. The smallest absolute Gasteiger partial charge is 0.306 e. The van der Waals surface area contributed by atoms with Crippen LogP contribution >= 0.6 is 22.6 Å². The normalized spacial score (nSPS) is 25.1. The van der Waals surface area contributed by atoms with Gasteiger partial charge < -0.3 is 18.9 Å². The van der Waals surface area contributed by atoms with E-state index in [1.165, 1.54) is 0 Å². The summed E-state index contributed by atoms with van der Waals surface area (Å²) < 4.78 is 25.3. The number of carbonyl (C=O) groups is 1. The molecule has 0 aliphatic carbocycles. The van der Waals surface area contributed by atoms with E-state index in [0.717, 1.165) is 36.1 Å². The molecule has 1 heterocycles. The van der Waals surface area contributed by atoms with Crippen molar-refractivity contribution in [3.8, 4) is 5.75 Å². The summed E-state index contributed by atoms with van der Waals surface area (Å²) in [6.07, 6.45) is 5.31. The number of rotatable bonds is 12. The van der Waals surface area contributed by atoms with Gasteiger partial charge in [-0.2, -0.15) is 0 Å². The molecule has 0 spiro atoms. The van der Waals surface area contributed by atoms with Crippen molar-refractivity contribution in [2.75, 3.05) is 7.11 Å². The Balaban J connectivity index is 1.88. The van der Waals surface area contributed by atoms with Crippen LogP contribution in [0.5, 0.6) is 5.75 Å². The molecule has 0 radical (unpaired) electrons. The molecule has 5 atom stereocenters. The van der Waals surface area contributed by atoms with Gasteiger partial charge in [0.15, 0.2) is 6.29 Å². The summed E-state index contributed by atoms with van der Waals surface area (Å²) in [6.45, 7) is 13.8. The summed E-state index contributed by atoms with van der Waals surface area (Å²) in [5.74, 6) is 0.665. The first-order chi connectivity index (χ1) is 15.3. The van der Waals surface area contributed by atoms with E-state index in [2.05, 4.69) is 35.7 Å². The number of esters is 1. The third-order valence-electron chi connectivity index (χ3n) is 5.88. The van der Waals surface area contributed by atoms with Crippen LogP contribution in [0.1, 0.15) is 58.3 Å². The van der Waals surface area contributed by atoms with Crippen molar-refractivity contribution in [2.24, 2.45) is 5.92 Å². The molecule has 176 valence electrons. The molecule has 0 bridgehead atoms. The van der Waals surface area contributed by atoms with Gasteiger partial charge in [-0.1, -0.05) is 53.8 Å². The Morgan fingerprint density at radius 1 is 1.28 bits per heavy atom. The molecule has 0 amide bonds. The highest BCUT2D eigenvalue weighted by molar-refractivity contribution is 14.1. The number of hydrogen-bond donors (Lipinski definition) is 0. The first kappa shape index (κ1) is 26.6. The van der Waals surface area contributed by atoms with Crippen molar-refractivity contribution in [2.45, 2.75) is 70.6 Å². The summed E-state index contributed by atoms with van der Waals surface area (Å²) in [5, 5.41) is 0. The van der Waals surface area contributed by atoms with Crippen LogP contribution in [0, 0.1) is 5.92 Å². The van der Waals surface area contributed by atoms with Gasteiger partial charge >= 0.3 is 5.97 Å². The molecule has 1 aliphatic heterocycles. The molecule has 0 aromatic heterocycles. The van der Waals surface area contributed by atoms with Gasteiger partial charge in [-0.25, -0.2) is 0 Å². The minimum absolute atomic E-state index is 0.0659. The molecule has 0 saturated carbocycles. The maximum Gasteiger partial charge on any atom is 0.306 e. The van der Waals surface area contributed by atoms with Crippen molar-refractivity contribution in [1.29, 1.82) is 0 Å². The summed E-state index contributed by atoms with van der Waals surface area (Å²) in [7, 11) is 1.64. The van der Waals surface area contributed by atoms with E-state index in [1.807, 2.05) is 55.2 Å². The van der Waals surface area contributed by atoms with Gasteiger partial charge in [-0.15, -0.1) is 13.2 Å². The average molecular weight is 554 g/mol. The topological polar surface area (TPSA) is 54.0 Å². The summed E-state index contributed by atoms with van der Waals surface area (Å²) in [6, 6.07) is 7.67. The maximum absolute atomic E-state index is 12.4. The molecule has 0 N–H and O–H groups in total. The Bertz CT molecular complexity index is 803. The van der Waals surface area contributed by atoms with E-state index in [-0.39, 0.29) is 24.1 Å². The predicted octanol–water partition coefficient (Wildman–Crippen LogP) is 6.69. The molecule has 1 fully saturated rings. The summed E-state index contributed by atoms with van der Waals surface area (Å²) in [5.41, 5.74) is 1.45. The van der Waals surface area contributed by atoms with Crippen molar-refractivity contribution in [3.63, 3.8) is 0 Å². The fourth-order valence-corrected chi connectivity index (χ4v) is 4.13. The monoisotopic (exact) mass is 554 g/mol. The zero-order valence-corrected chi connectivity index (χ0v) is 21.7. The molecule has 1 aromatic rings. The SMILES string of the molecule is C=C[C@@H]1OC(c2ccc(OC)cc2)O[C@]1(C)CCCCC(=O)O[C@H](/C(C)=C/I)[C@@H](C)C=C. The molecule has 6 heteroatoms. The maximum atomic E-state index is 12.4. The van der Waals surface area contributed by atoms with Crippen molar-refractivity contribution < 1.29 is 23.7 Å². The lowest BCUT2D eigenvalue weighted by molar-refractivity contribution is -0.149. The van der Waals surface area contributed by atoms with E-state index in [1.54, 1.807) is 13.2 Å². The molecule has 5 nitrogen and oxygen atoms in total. The van der Waals surface area contributed by atoms with Crippen molar-refractivity contribution in [3.05, 3.63) is 64.8 Å². The first-order valence-corrected chi connectivity index (χ1v) is 12.2. The second-order valence-electron chi connectivity index (χ2n) is 8.39. The van der Waals surface area contributed by atoms with Gasteiger partial charge in [0, 0.05) is 17.9 Å². The van der Waals surface area contributed by atoms with Crippen LogP contribution in [0.3, 0.4) is 0 Å². The lowest BCUT2D eigenvalue weighted by Gasteiger charge is -2.27. The van der Waals surface area contributed by atoms with E-state index in [0.29, 0.717) is 6.42 Å². The van der Waals surface area contributed by atoms with Crippen LogP contribution in [-0.2, 0) is 19.0 Å². The first-order valence-electron chi connectivity index (χ1n) is 11.0. The summed E-state index contributed by atoms with van der Waals surface area (Å²) in [4.78, 5) is 12.4. The molecule has 1 aromatic carbocycles. The van der Waals surface area contributed by atoms with E-state index >= 15 is 0 Å². The highest BCUT2D eigenvalue weighted by Crippen LogP contribution is 2.42. The second-order valence-corrected chi connectivity index (χ2v) is 9.02. The van der Waals surface area contributed by atoms with Gasteiger partial charge in [0.2, 0.25) is 0 Å². The molecule has 1 saturated heterocycles. The zero-order valence-electron chi connectivity index (χ0n) is 19.5. The minimum Gasteiger partial charge on any atom is -0.497 e. The quantitative estimate of drug-likeness (QED) is 0.125.